The van der Waals surface area contributed by atoms with Crippen molar-refractivity contribution in [2.24, 2.45) is 0 Å². The Morgan fingerprint density at radius 1 is 1.00 bits per heavy atom. The Balaban J connectivity index is 1.90. The third-order valence-electron chi connectivity index (χ3n) is 4.26. The Hall–Kier alpha value is -3.94. The van der Waals surface area contributed by atoms with Gasteiger partial charge in [-0.25, -0.2) is 0 Å². The van der Waals surface area contributed by atoms with Crippen LogP contribution in [0.3, 0.4) is 0 Å². The van der Waals surface area contributed by atoms with Crippen LogP contribution in [0.2, 0.25) is 0 Å². The second-order valence-electron chi connectivity index (χ2n) is 6.02. The summed E-state index contributed by atoms with van der Waals surface area (Å²) in [5, 5.41) is 13.5. The number of methoxy groups -OCH3 is 2. The highest BCUT2D eigenvalue weighted by atomic mass is 19.1. The molecule has 3 aromatic carbocycles. The van der Waals surface area contributed by atoms with Crippen molar-refractivity contribution in [3.8, 4) is 22.6 Å². The summed E-state index contributed by atoms with van der Waals surface area (Å²) in [6.07, 6.45) is 0. The number of nitro benzene ring substituents is 1. The van der Waals surface area contributed by atoms with E-state index in [1.807, 2.05) is 12.1 Å². The normalized spacial score (nSPS) is 10.3. The van der Waals surface area contributed by atoms with Crippen LogP contribution in [0.1, 0.15) is 10.4 Å². The minimum Gasteiger partial charge on any atom is -0.497 e. The van der Waals surface area contributed by atoms with Gasteiger partial charge < -0.3 is 14.8 Å². The lowest BCUT2D eigenvalue weighted by Gasteiger charge is -2.12. The largest absolute Gasteiger partial charge is 0.497 e. The van der Waals surface area contributed by atoms with E-state index in [4.69, 9.17) is 9.47 Å². The van der Waals surface area contributed by atoms with Crippen LogP contribution in [0.5, 0.6) is 11.5 Å². The molecular formula is C21H17FN2O5. The minimum absolute atomic E-state index is 0.0279. The number of carbonyl (C=O) groups excluding carboxylic acids is 1. The molecule has 3 aromatic rings. The van der Waals surface area contributed by atoms with Gasteiger partial charge in [0, 0.05) is 22.9 Å². The second-order valence-corrected chi connectivity index (χ2v) is 6.02. The summed E-state index contributed by atoms with van der Waals surface area (Å²) in [6, 6.07) is 15.3. The van der Waals surface area contributed by atoms with Crippen molar-refractivity contribution in [1.82, 2.24) is 0 Å². The molecule has 0 aliphatic carbocycles. The molecule has 1 amide bonds. The number of rotatable bonds is 6. The number of nitrogens with one attached hydrogen (secondary N) is 1. The molecule has 0 bridgehead atoms. The Morgan fingerprint density at radius 3 is 2.34 bits per heavy atom. The Kier molecular flexibility index (Phi) is 5.73. The van der Waals surface area contributed by atoms with Gasteiger partial charge in [0.1, 0.15) is 11.5 Å². The van der Waals surface area contributed by atoms with Gasteiger partial charge in [-0.05, 0) is 48.0 Å². The van der Waals surface area contributed by atoms with Crippen LogP contribution in [0.25, 0.3) is 11.1 Å². The average Bonchev–Trinajstić information content (AvgIpc) is 2.73. The van der Waals surface area contributed by atoms with Gasteiger partial charge in [-0.2, -0.15) is 4.39 Å². The molecule has 0 aliphatic rings. The smallest absolute Gasteiger partial charge is 0.305 e. The summed E-state index contributed by atoms with van der Waals surface area (Å²) in [6.45, 7) is 0. The molecule has 0 spiro atoms. The number of ether oxygens (including phenoxy) is 2. The number of amides is 1. The fraction of sp³-hybridized carbons (Fsp3) is 0.0952. The van der Waals surface area contributed by atoms with Gasteiger partial charge in [0.05, 0.1) is 19.1 Å². The second kappa shape index (κ2) is 8.39. The van der Waals surface area contributed by atoms with E-state index >= 15 is 0 Å². The Labute approximate surface area is 165 Å². The van der Waals surface area contributed by atoms with E-state index in [-0.39, 0.29) is 5.56 Å². The first-order valence-corrected chi connectivity index (χ1v) is 8.50. The first kappa shape index (κ1) is 19.8. The maximum atomic E-state index is 13.5. The minimum atomic E-state index is -1.00. The van der Waals surface area contributed by atoms with Crippen molar-refractivity contribution >= 4 is 17.3 Å². The number of hydrogen-bond acceptors (Lipinski definition) is 5. The van der Waals surface area contributed by atoms with Gasteiger partial charge in [-0.1, -0.05) is 12.1 Å². The molecule has 7 nitrogen and oxygen atoms in total. The van der Waals surface area contributed by atoms with E-state index in [9.17, 15) is 19.3 Å². The third-order valence-corrected chi connectivity index (χ3v) is 4.26. The first-order valence-electron chi connectivity index (χ1n) is 8.50. The van der Waals surface area contributed by atoms with Crippen molar-refractivity contribution in [2.45, 2.75) is 0 Å². The van der Waals surface area contributed by atoms with Crippen molar-refractivity contribution in [3.63, 3.8) is 0 Å². The third kappa shape index (κ3) is 4.32. The van der Waals surface area contributed by atoms with E-state index in [1.165, 1.54) is 13.2 Å². The zero-order valence-electron chi connectivity index (χ0n) is 15.6. The molecule has 0 heterocycles. The predicted octanol–water partition coefficient (Wildman–Crippen LogP) is 4.67. The molecule has 0 saturated carbocycles. The standard InChI is InChI=1S/C21H17FN2O5/c1-28-16-7-3-13(4-8-16)17-12-15(6-10-20(17)29-2)23-21(25)14-5-9-18(22)19(11-14)24(26)27/h3-12H,1-2H3,(H,23,25). The molecule has 3 rings (SSSR count). The van der Waals surface area contributed by atoms with Gasteiger partial charge in [0.2, 0.25) is 5.82 Å². The summed E-state index contributed by atoms with van der Waals surface area (Å²) in [7, 11) is 3.11. The van der Waals surface area contributed by atoms with Crippen LogP contribution in [0.15, 0.2) is 60.7 Å². The molecule has 148 valence electrons. The number of nitro groups is 1. The highest BCUT2D eigenvalue weighted by Crippen LogP contribution is 2.33. The number of benzene rings is 3. The zero-order chi connectivity index (χ0) is 21.0. The van der Waals surface area contributed by atoms with Crippen LogP contribution in [-0.4, -0.2) is 25.1 Å². The van der Waals surface area contributed by atoms with Gasteiger partial charge in [0.15, 0.2) is 0 Å². The SMILES string of the molecule is COc1ccc(-c2cc(NC(=O)c3ccc(F)c([N+](=O)[O-])c3)ccc2OC)cc1. The lowest BCUT2D eigenvalue weighted by Crippen LogP contribution is -2.12. The summed E-state index contributed by atoms with van der Waals surface area (Å²) in [5.41, 5.74) is 1.24. The van der Waals surface area contributed by atoms with Crippen LogP contribution in [0.4, 0.5) is 15.8 Å². The fourth-order valence-corrected chi connectivity index (χ4v) is 2.78. The maximum Gasteiger partial charge on any atom is 0.305 e. The van der Waals surface area contributed by atoms with Gasteiger partial charge >= 0.3 is 5.69 Å². The van der Waals surface area contributed by atoms with Crippen molar-refractivity contribution in [3.05, 3.63) is 82.2 Å². The molecule has 0 unspecified atom stereocenters. The van der Waals surface area contributed by atoms with E-state index in [2.05, 4.69) is 5.32 Å². The summed E-state index contributed by atoms with van der Waals surface area (Å²) in [5.74, 6) is -0.294. The topological polar surface area (TPSA) is 90.7 Å². The van der Waals surface area contributed by atoms with Crippen LogP contribution >= 0.6 is 0 Å². The Morgan fingerprint density at radius 2 is 1.72 bits per heavy atom. The first-order chi connectivity index (χ1) is 13.9. The molecule has 0 fully saturated rings. The zero-order valence-corrected chi connectivity index (χ0v) is 15.6. The molecule has 8 heteroatoms. The molecule has 29 heavy (non-hydrogen) atoms. The summed E-state index contributed by atoms with van der Waals surface area (Å²) >= 11 is 0. The summed E-state index contributed by atoms with van der Waals surface area (Å²) in [4.78, 5) is 22.5. The average molecular weight is 396 g/mol. The highest BCUT2D eigenvalue weighted by Gasteiger charge is 2.18. The van der Waals surface area contributed by atoms with Crippen molar-refractivity contribution in [1.29, 1.82) is 0 Å². The van der Waals surface area contributed by atoms with Gasteiger partial charge in [-0.15, -0.1) is 0 Å². The maximum absolute atomic E-state index is 13.5. The fourth-order valence-electron chi connectivity index (χ4n) is 2.78. The summed E-state index contributed by atoms with van der Waals surface area (Å²) < 4.78 is 24.0. The number of halogens is 1. The molecule has 0 saturated heterocycles. The van der Waals surface area contributed by atoms with Crippen LogP contribution in [0, 0.1) is 15.9 Å². The number of nitrogens with zero attached hydrogens (tertiary/aromatic N) is 1. The molecule has 0 aliphatic heterocycles. The Bertz CT molecular complexity index is 1070. The van der Waals surface area contributed by atoms with E-state index in [0.29, 0.717) is 17.2 Å². The highest BCUT2D eigenvalue weighted by molar-refractivity contribution is 6.05. The van der Waals surface area contributed by atoms with E-state index in [1.54, 1.807) is 37.4 Å². The van der Waals surface area contributed by atoms with Gasteiger partial charge in [0.25, 0.3) is 5.91 Å². The van der Waals surface area contributed by atoms with Crippen molar-refractivity contribution < 1.29 is 23.6 Å². The van der Waals surface area contributed by atoms with Crippen LogP contribution < -0.4 is 14.8 Å². The molecule has 0 radical (unpaired) electrons. The lowest BCUT2D eigenvalue weighted by molar-refractivity contribution is -0.387. The van der Waals surface area contributed by atoms with E-state index < -0.39 is 22.3 Å². The molecule has 0 atom stereocenters. The number of carbonyl (C=O) groups is 1. The molecule has 1 N–H and O–H groups in total. The lowest BCUT2D eigenvalue weighted by atomic mass is 10.0. The number of hydrogen-bond donors (Lipinski definition) is 1. The predicted molar refractivity (Wildman–Crippen MR) is 106 cm³/mol. The number of anilines is 1. The van der Waals surface area contributed by atoms with Gasteiger partial charge in [-0.3, -0.25) is 14.9 Å². The molecular weight excluding hydrogens is 379 g/mol. The monoisotopic (exact) mass is 396 g/mol. The van der Waals surface area contributed by atoms with Crippen molar-refractivity contribution in [2.75, 3.05) is 19.5 Å². The van der Waals surface area contributed by atoms with Crippen LogP contribution in [-0.2, 0) is 0 Å². The quantitative estimate of drug-likeness (QED) is 0.483. The molecule has 0 aromatic heterocycles. The van der Waals surface area contributed by atoms with E-state index in [0.717, 1.165) is 23.3 Å².